The quantitative estimate of drug-likeness (QED) is 0.576. The van der Waals surface area contributed by atoms with Crippen molar-refractivity contribution in [2.45, 2.75) is 0 Å². The summed E-state index contributed by atoms with van der Waals surface area (Å²) in [7, 11) is 0. The molecule has 2 aromatic rings. The van der Waals surface area contributed by atoms with Crippen LogP contribution in [0.2, 0.25) is 10.2 Å². The fourth-order valence-corrected chi connectivity index (χ4v) is 2.27. The molecule has 1 aromatic heterocycles. The highest BCUT2D eigenvalue weighted by Gasteiger charge is 2.16. The third-order valence-corrected chi connectivity index (χ3v) is 3.26. The van der Waals surface area contributed by atoms with Crippen LogP contribution in [-0.4, -0.2) is 10.2 Å². The zero-order chi connectivity index (χ0) is 15.6. The molecule has 8 heteroatoms. The summed E-state index contributed by atoms with van der Waals surface area (Å²) < 4.78 is 27.6. The van der Waals surface area contributed by atoms with E-state index >= 15 is 0 Å². The van der Waals surface area contributed by atoms with Crippen molar-refractivity contribution < 1.29 is 8.78 Å². The Hall–Kier alpha value is -1.74. The van der Waals surface area contributed by atoms with Crippen molar-refractivity contribution in [3.63, 3.8) is 0 Å². The number of nitriles is 1. The molecule has 0 aliphatic heterocycles. The molecule has 21 heavy (non-hydrogen) atoms. The normalized spacial score (nSPS) is 11.3. The molecule has 0 N–H and O–H groups in total. The van der Waals surface area contributed by atoms with Gasteiger partial charge in [-0.15, -0.1) is 0 Å². The van der Waals surface area contributed by atoms with E-state index in [1.165, 1.54) is 18.3 Å². The van der Waals surface area contributed by atoms with Crippen LogP contribution in [0.5, 0.6) is 0 Å². The van der Waals surface area contributed by atoms with Crippen LogP contribution in [0, 0.1) is 23.0 Å². The first-order valence-electron chi connectivity index (χ1n) is 5.37. The van der Waals surface area contributed by atoms with E-state index in [-0.39, 0.29) is 32.2 Å². The first-order chi connectivity index (χ1) is 9.93. The smallest absolute Gasteiger partial charge is 0.186 e. The lowest BCUT2D eigenvalue weighted by Gasteiger charge is -2.05. The maximum atomic E-state index is 13.9. The van der Waals surface area contributed by atoms with Gasteiger partial charge in [-0.2, -0.15) is 5.26 Å². The van der Waals surface area contributed by atoms with Gasteiger partial charge in [-0.3, -0.25) is 0 Å². The van der Waals surface area contributed by atoms with Crippen LogP contribution in [0.3, 0.4) is 0 Å². The van der Waals surface area contributed by atoms with Gasteiger partial charge in [0.05, 0.1) is 22.2 Å². The van der Waals surface area contributed by atoms with Gasteiger partial charge in [0.1, 0.15) is 16.7 Å². The van der Waals surface area contributed by atoms with Crippen LogP contribution in [0.15, 0.2) is 29.4 Å². The third kappa shape index (κ3) is 3.30. The van der Waals surface area contributed by atoms with E-state index in [4.69, 9.17) is 40.1 Å². The molecule has 0 aliphatic carbocycles. The van der Waals surface area contributed by atoms with Crippen molar-refractivity contribution in [3.8, 4) is 6.07 Å². The Balaban J connectivity index is 2.55. The molecule has 0 saturated heterocycles. The van der Waals surface area contributed by atoms with Gasteiger partial charge in [-0.1, -0.05) is 34.8 Å². The van der Waals surface area contributed by atoms with E-state index in [1.54, 1.807) is 6.07 Å². The van der Waals surface area contributed by atoms with E-state index in [1.807, 2.05) is 0 Å². The number of hydrogen-bond acceptors (Lipinski definition) is 3. The van der Waals surface area contributed by atoms with Gasteiger partial charge in [-0.25, -0.2) is 18.8 Å². The number of nitrogens with zero attached hydrogens (tertiary/aromatic N) is 3. The predicted molar refractivity (Wildman–Crippen MR) is 77.4 cm³/mol. The highest BCUT2D eigenvalue weighted by molar-refractivity contribution is 6.70. The Bertz CT molecular complexity index is 762. The largest absolute Gasteiger partial charge is 0.241 e. The van der Waals surface area contributed by atoms with Crippen LogP contribution in [-0.2, 0) is 0 Å². The van der Waals surface area contributed by atoms with E-state index in [0.29, 0.717) is 0 Å². The van der Waals surface area contributed by atoms with Gasteiger partial charge in [-0.05, 0) is 18.2 Å². The van der Waals surface area contributed by atoms with Crippen molar-refractivity contribution in [1.29, 1.82) is 5.26 Å². The van der Waals surface area contributed by atoms with Gasteiger partial charge in [0.25, 0.3) is 0 Å². The van der Waals surface area contributed by atoms with Crippen molar-refractivity contribution >= 4 is 45.7 Å². The number of aromatic nitrogens is 1. The van der Waals surface area contributed by atoms with Crippen molar-refractivity contribution in [3.05, 3.63) is 57.3 Å². The number of rotatable bonds is 2. The van der Waals surface area contributed by atoms with Gasteiger partial charge in [0, 0.05) is 6.20 Å². The van der Waals surface area contributed by atoms with Gasteiger partial charge >= 0.3 is 0 Å². The van der Waals surface area contributed by atoms with E-state index in [0.717, 1.165) is 6.07 Å². The van der Waals surface area contributed by atoms with Crippen LogP contribution >= 0.6 is 34.8 Å². The first kappa shape index (κ1) is 15.6. The molecular formula is C13H4Cl3F2N3. The molecule has 1 heterocycles. The van der Waals surface area contributed by atoms with Gasteiger partial charge in [0.15, 0.2) is 11.0 Å². The summed E-state index contributed by atoms with van der Waals surface area (Å²) in [6, 6.07) is 5.15. The van der Waals surface area contributed by atoms with E-state index in [9.17, 15) is 8.78 Å². The molecule has 1 aromatic carbocycles. The number of benzene rings is 1. The van der Waals surface area contributed by atoms with Crippen LogP contribution in [0.25, 0.3) is 0 Å². The minimum absolute atomic E-state index is 0.0313. The molecule has 0 radical (unpaired) electrons. The molecule has 2 rings (SSSR count). The molecular weight excluding hydrogens is 343 g/mol. The predicted octanol–water partition coefficient (Wildman–Crippen LogP) is 4.86. The van der Waals surface area contributed by atoms with Crippen molar-refractivity contribution in [1.82, 2.24) is 4.98 Å². The average Bonchev–Trinajstić information content (AvgIpc) is 2.43. The topological polar surface area (TPSA) is 49.0 Å². The zero-order valence-corrected chi connectivity index (χ0v) is 12.3. The van der Waals surface area contributed by atoms with Crippen LogP contribution in [0.1, 0.15) is 11.1 Å². The maximum Gasteiger partial charge on any atom is 0.186 e. The van der Waals surface area contributed by atoms with Crippen LogP contribution < -0.4 is 0 Å². The van der Waals surface area contributed by atoms with E-state index < -0.39 is 11.6 Å². The third-order valence-electron chi connectivity index (χ3n) is 2.42. The molecule has 0 aliphatic rings. The van der Waals surface area contributed by atoms with Crippen molar-refractivity contribution in [2.75, 3.05) is 0 Å². The molecule has 0 amide bonds. The number of hydrogen-bond donors (Lipinski definition) is 0. The fourth-order valence-electron chi connectivity index (χ4n) is 1.49. The SMILES string of the molecule is N#Cc1cc(F)c(/C(Cl)=N/c2ccnc(Cl)c2F)c(Cl)c1. The second-order valence-electron chi connectivity index (χ2n) is 3.76. The first-order valence-corrected chi connectivity index (χ1v) is 6.51. The molecule has 0 spiro atoms. The Morgan fingerprint density at radius 3 is 2.62 bits per heavy atom. The Morgan fingerprint density at radius 2 is 2.00 bits per heavy atom. The van der Waals surface area contributed by atoms with Gasteiger partial charge in [0.2, 0.25) is 0 Å². The standard InChI is InChI=1S/C13H4Cl3F2N3/c14-7-3-6(5-19)4-8(17)10(7)12(15)21-9-1-2-20-13(16)11(9)18/h1-4H/b21-12-. The molecule has 0 bridgehead atoms. The highest BCUT2D eigenvalue weighted by Crippen LogP contribution is 2.28. The molecule has 0 unspecified atom stereocenters. The molecule has 106 valence electrons. The van der Waals surface area contributed by atoms with Gasteiger partial charge < -0.3 is 0 Å². The van der Waals surface area contributed by atoms with E-state index in [2.05, 4.69) is 9.98 Å². The lowest BCUT2D eigenvalue weighted by molar-refractivity contribution is 0.622. The highest BCUT2D eigenvalue weighted by atomic mass is 35.5. The monoisotopic (exact) mass is 345 g/mol. The Kier molecular flexibility index (Phi) is 4.73. The Labute approximate surface area is 133 Å². The summed E-state index contributed by atoms with van der Waals surface area (Å²) in [5.74, 6) is -1.73. The Morgan fingerprint density at radius 1 is 1.29 bits per heavy atom. The summed E-state index contributed by atoms with van der Waals surface area (Å²) >= 11 is 17.3. The summed E-state index contributed by atoms with van der Waals surface area (Å²) in [5.41, 5.74) is -0.409. The summed E-state index contributed by atoms with van der Waals surface area (Å²) in [4.78, 5) is 7.26. The lowest BCUT2D eigenvalue weighted by Crippen LogP contribution is -1.99. The second-order valence-corrected chi connectivity index (χ2v) is 4.89. The molecule has 3 nitrogen and oxygen atoms in total. The minimum Gasteiger partial charge on any atom is -0.241 e. The lowest BCUT2D eigenvalue weighted by atomic mass is 10.1. The minimum atomic E-state index is -0.887. The summed E-state index contributed by atoms with van der Waals surface area (Å²) in [6.07, 6.45) is 1.23. The van der Waals surface area contributed by atoms with Crippen LogP contribution in [0.4, 0.5) is 14.5 Å². The average molecular weight is 347 g/mol. The number of aliphatic imine (C=N–C) groups is 1. The zero-order valence-electron chi connectivity index (χ0n) is 10.0. The molecule has 0 saturated carbocycles. The number of halogens is 5. The maximum absolute atomic E-state index is 13.9. The molecule has 0 atom stereocenters. The van der Waals surface area contributed by atoms with Crippen molar-refractivity contribution in [2.24, 2.45) is 4.99 Å². The fraction of sp³-hybridized carbons (Fsp3) is 0. The summed E-state index contributed by atoms with van der Waals surface area (Å²) in [5, 5.41) is 7.84. The molecule has 0 fully saturated rings. The number of pyridine rings is 1. The second kappa shape index (κ2) is 6.35. The summed E-state index contributed by atoms with van der Waals surface area (Å²) in [6.45, 7) is 0.